The molecule has 1 fully saturated rings. The Hall–Kier alpha value is -2.00. The molecule has 3 aromatic rings. The Morgan fingerprint density at radius 3 is 2.95 bits per heavy atom. The lowest BCUT2D eigenvalue weighted by Crippen LogP contribution is -2.15. The summed E-state index contributed by atoms with van der Waals surface area (Å²) in [4.78, 5) is 0. The highest BCUT2D eigenvalue weighted by atomic mass is 16.3. The van der Waals surface area contributed by atoms with Gasteiger partial charge in [-0.25, -0.2) is 0 Å². The third kappa shape index (κ3) is 2.04. The van der Waals surface area contributed by atoms with Crippen molar-refractivity contribution in [2.24, 2.45) is 0 Å². The standard InChI is InChI=1S/C17H17NO2/c1-11-3-2-4-12-9-15(20-17(11)12)14-7-8-19-16(14)10-18-13-5-6-13/h2-4,7-9,13,18H,5-6,10H2,1H3. The van der Waals surface area contributed by atoms with Gasteiger partial charge in [0.15, 0.2) is 0 Å². The zero-order valence-corrected chi connectivity index (χ0v) is 11.5. The maximum absolute atomic E-state index is 6.02. The Morgan fingerprint density at radius 2 is 2.15 bits per heavy atom. The fourth-order valence-electron chi connectivity index (χ4n) is 2.56. The number of para-hydroxylation sites is 1. The van der Waals surface area contributed by atoms with Gasteiger partial charge in [0.2, 0.25) is 0 Å². The Bertz CT molecular complexity index is 749. The first kappa shape index (κ1) is 11.8. The molecule has 102 valence electrons. The maximum Gasteiger partial charge on any atom is 0.138 e. The van der Waals surface area contributed by atoms with Crippen LogP contribution in [0.1, 0.15) is 24.2 Å². The molecule has 0 radical (unpaired) electrons. The summed E-state index contributed by atoms with van der Waals surface area (Å²) < 4.78 is 11.6. The molecule has 1 aliphatic carbocycles. The van der Waals surface area contributed by atoms with Crippen LogP contribution in [-0.2, 0) is 6.54 Å². The van der Waals surface area contributed by atoms with Crippen molar-refractivity contribution in [1.29, 1.82) is 0 Å². The summed E-state index contributed by atoms with van der Waals surface area (Å²) in [5, 5.41) is 4.62. The van der Waals surface area contributed by atoms with E-state index in [0.29, 0.717) is 6.04 Å². The van der Waals surface area contributed by atoms with Crippen molar-refractivity contribution < 1.29 is 8.83 Å². The van der Waals surface area contributed by atoms with Crippen molar-refractivity contribution in [3.63, 3.8) is 0 Å². The van der Waals surface area contributed by atoms with Crippen LogP contribution in [0.2, 0.25) is 0 Å². The molecule has 1 N–H and O–H groups in total. The maximum atomic E-state index is 6.02. The summed E-state index contributed by atoms with van der Waals surface area (Å²) in [5.41, 5.74) is 3.17. The highest BCUT2D eigenvalue weighted by Gasteiger charge is 2.22. The Labute approximate surface area is 117 Å². The lowest BCUT2D eigenvalue weighted by atomic mass is 10.1. The molecule has 20 heavy (non-hydrogen) atoms. The van der Waals surface area contributed by atoms with Crippen LogP contribution in [0.4, 0.5) is 0 Å². The molecule has 0 saturated heterocycles. The summed E-state index contributed by atoms with van der Waals surface area (Å²) in [6, 6.07) is 11.0. The van der Waals surface area contributed by atoms with Crippen LogP contribution in [0.3, 0.4) is 0 Å². The van der Waals surface area contributed by atoms with Crippen LogP contribution in [0.25, 0.3) is 22.3 Å². The van der Waals surface area contributed by atoms with Gasteiger partial charge in [-0.1, -0.05) is 18.2 Å². The normalized spacial score (nSPS) is 15.1. The van der Waals surface area contributed by atoms with Gasteiger partial charge in [0.05, 0.1) is 18.4 Å². The second kappa shape index (κ2) is 4.53. The molecule has 0 aliphatic heterocycles. The third-order valence-electron chi connectivity index (χ3n) is 3.88. The summed E-state index contributed by atoms with van der Waals surface area (Å²) in [5.74, 6) is 1.84. The molecule has 2 heterocycles. The van der Waals surface area contributed by atoms with Gasteiger partial charge < -0.3 is 14.2 Å². The number of fused-ring (bicyclic) bond motifs is 1. The molecular formula is C17H17NO2. The molecule has 1 saturated carbocycles. The molecule has 0 atom stereocenters. The zero-order chi connectivity index (χ0) is 13.5. The van der Waals surface area contributed by atoms with Crippen LogP contribution in [0, 0.1) is 6.92 Å². The SMILES string of the molecule is Cc1cccc2cc(-c3ccoc3CNC3CC3)oc12. The first-order valence-electron chi connectivity index (χ1n) is 7.10. The van der Waals surface area contributed by atoms with Gasteiger partial charge >= 0.3 is 0 Å². The van der Waals surface area contributed by atoms with E-state index < -0.39 is 0 Å². The summed E-state index contributed by atoms with van der Waals surface area (Å²) in [6.07, 6.45) is 4.29. The van der Waals surface area contributed by atoms with Gasteiger partial charge in [0.25, 0.3) is 0 Å². The summed E-state index contributed by atoms with van der Waals surface area (Å²) in [7, 11) is 0. The number of aryl methyl sites for hydroxylation is 1. The summed E-state index contributed by atoms with van der Waals surface area (Å²) in [6.45, 7) is 2.84. The quantitative estimate of drug-likeness (QED) is 0.767. The molecule has 0 unspecified atom stereocenters. The molecule has 0 spiro atoms. The third-order valence-corrected chi connectivity index (χ3v) is 3.88. The fraction of sp³-hybridized carbons (Fsp3) is 0.294. The van der Waals surface area contributed by atoms with Crippen molar-refractivity contribution in [1.82, 2.24) is 5.32 Å². The molecule has 0 bridgehead atoms. The van der Waals surface area contributed by atoms with Crippen LogP contribution >= 0.6 is 0 Å². The van der Waals surface area contributed by atoms with Gasteiger partial charge in [-0.05, 0) is 37.5 Å². The van der Waals surface area contributed by atoms with E-state index in [1.165, 1.54) is 12.8 Å². The Balaban J connectivity index is 1.71. The van der Waals surface area contributed by atoms with E-state index in [1.807, 2.05) is 6.07 Å². The molecule has 3 nitrogen and oxygen atoms in total. The van der Waals surface area contributed by atoms with Crippen molar-refractivity contribution in [3.05, 3.63) is 47.9 Å². The lowest BCUT2D eigenvalue weighted by Gasteiger charge is -2.01. The van der Waals surface area contributed by atoms with E-state index in [1.54, 1.807) is 6.26 Å². The highest BCUT2D eigenvalue weighted by Crippen LogP contribution is 2.32. The monoisotopic (exact) mass is 267 g/mol. The van der Waals surface area contributed by atoms with Crippen LogP contribution in [-0.4, -0.2) is 6.04 Å². The molecule has 3 heteroatoms. The molecule has 2 aromatic heterocycles. The topological polar surface area (TPSA) is 38.3 Å². The largest absolute Gasteiger partial charge is 0.467 e. The van der Waals surface area contributed by atoms with E-state index in [2.05, 4.69) is 36.5 Å². The molecule has 0 amide bonds. The van der Waals surface area contributed by atoms with Crippen LogP contribution < -0.4 is 5.32 Å². The highest BCUT2D eigenvalue weighted by molar-refractivity contribution is 5.85. The number of nitrogens with one attached hydrogen (secondary N) is 1. The van der Waals surface area contributed by atoms with E-state index in [9.17, 15) is 0 Å². The van der Waals surface area contributed by atoms with Crippen LogP contribution in [0.15, 0.2) is 45.4 Å². The predicted octanol–water partition coefficient (Wildman–Crippen LogP) is 4.25. The minimum Gasteiger partial charge on any atom is -0.467 e. The van der Waals surface area contributed by atoms with Gasteiger partial charge in [-0.3, -0.25) is 0 Å². The summed E-state index contributed by atoms with van der Waals surface area (Å²) >= 11 is 0. The van der Waals surface area contributed by atoms with E-state index >= 15 is 0 Å². The van der Waals surface area contributed by atoms with Crippen LogP contribution in [0.5, 0.6) is 0 Å². The van der Waals surface area contributed by atoms with Gasteiger partial charge in [0, 0.05) is 11.4 Å². The number of benzene rings is 1. The lowest BCUT2D eigenvalue weighted by molar-refractivity contribution is 0.481. The van der Waals surface area contributed by atoms with Crippen molar-refractivity contribution in [3.8, 4) is 11.3 Å². The Morgan fingerprint density at radius 1 is 1.25 bits per heavy atom. The number of hydrogen-bond acceptors (Lipinski definition) is 3. The van der Waals surface area contributed by atoms with E-state index in [0.717, 1.165) is 40.2 Å². The number of rotatable bonds is 4. The number of furan rings is 2. The first-order valence-corrected chi connectivity index (χ1v) is 7.10. The molecule has 1 aliphatic rings. The van der Waals surface area contributed by atoms with E-state index in [-0.39, 0.29) is 0 Å². The molecular weight excluding hydrogens is 250 g/mol. The minimum absolute atomic E-state index is 0.672. The smallest absolute Gasteiger partial charge is 0.138 e. The van der Waals surface area contributed by atoms with Gasteiger partial charge in [0.1, 0.15) is 17.1 Å². The van der Waals surface area contributed by atoms with Gasteiger partial charge in [-0.2, -0.15) is 0 Å². The zero-order valence-electron chi connectivity index (χ0n) is 11.5. The average molecular weight is 267 g/mol. The first-order chi connectivity index (χ1) is 9.81. The second-order valence-electron chi connectivity index (χ2n) is 5.52. The average Bonchev–Trinajstić information content (AvgIpc) is 2.99. The second-order valence-corrected chi connectivity index (χ2v) is 5.52. The van der Waals surface area contributed by atoms with Crippen molar-refractivity contribution in [2.45, 2.75) is 32.4 Å². The predicted molar refractivity (Wildman–Crippen MR) is 78.5 cm³/mol. The Kier molecular flexibility index (Phi) is 2.67. The van der Waals surface area contributed by atoms with Gasteiger partial charge in [-0.15, -0.1) is 0 Å². The molecule has 1 aromatic carbocycles. The molecule has 4 rings (SSSR count). The van der Waals surface area contributed by atoms with Crippen molar-refractivity contribution in [2.75, 3.05) is 0 Å². The number of hydrogen-bond donors (Lipinski definition) is 1. The fourth-order valence-corrected chi connectivity index (χ4v) is 2.56. The van der Waals surface area contributed by atoms with E-state index in [4.69, 9.17) is 8.83 Å². The minimum atomic E-state index is 0.672. The van der Waals surface area contributed by atoms with Crippen molar-refractivity contribution >= 4 is 11.0 Å².